The maximum absolute atomic E-state index is 11.6. The van der Waals surface area contributed by atoms with Crippen LogP contribution in [0.1, 0.15) is 12.1 Å². The highest BCUT2D eigenvalue weighted by Crippen LogP contribution is 2.21. The van der Waals surface area contributed by atoms with Crippen LogP contribution in [-0.2, 0) is 14.6 Å². The highest BCUT2D eigenvalue weighted by atomic mass is 35.5. The number of carbonyl (C=O) groups is 1. The minimum absolute atomic E-state index is 0.00166. The largest absolute Gasteiger partial charge is 0.355 e. The van der Waals surface area contributed by atoms with Crippen LogP contribution in [0, 0.1) is 5.41 Å². The maximum Gasteiger partial charge on any atom is 0.221 e. The lowest BCUT2D eigenvalue weighted by Gasteiger charge is -2.07. The predicted molar refractivity (Wildman–Crippen MR) is 104 cm³/mol. The van der Waals surface area contributed by atoms with Crippen molar-refractivity contribution in [1.29, 1.82) is 5.41 Å². The van der Waals surface area contributed by atoms with Crippen LogP contribution in [-0.4, -0.2) is 54.8 Å². The Hall–Kier alpha value is -2.11. The zero-order valence-electron chi connectivity index (χ0n) is 14.4. The number of amidine groups is 1. The van der Waals surface area contributed by atoms with Crippen LogP contribution >= 0.6 is 23.4 Å². The van der Waals surface area contributed by atoms with Crippen molar-refractivity contribution < 1.29 is 17.8 Å². The summed E-state index contributed by atoms with van der Waals surface area (Å²) in [4.78, 5) is 11.6. The first-order valence-corrected chi connectivity index (χ1v) is 11.2. The fourth-order valence-corrected chi connectivity index (χ4v) is 3.41. The normalized spacial score (nSPS) is 11.2. The average molecular weight is 432 g/mol. The number of rotatable bonds is 9. The van der Waals surface area contributed by atoms with Crippen LogP contribution in [0.4, 0.5) is 5.69 Å². The third kappa shape index (κ3) is 7.57. The summed E-state index contributed by atoms with van der Waals surface area (Å²) in [5.74, 6) is -0.0699. The second-order valence-electron chi connectivity index (χ2n) is 5.51. The Labute approximate surface area is 165 Å². The lowest BCUT2D eigenvalue weighted by molar-refractivity contribution is -0.120. The molecule has 3 N–H and O–H groups in total. The predicted octanol–water partition coefficient (Wildman–Crippen LogP) is 1.80. The molecule has 1 aromatic carbocycles. The lowest BCUT2D eigenvalue weighted by atomic mass is 10.3. The molecule has 2 aromatic rings. The van der Waals surface area contributed by atoms with E-state index in [0.717, 1.165) is 6.26 Å². The number of hydrogen-bond acceptors (Lipinski definition) is 8. The molecule has 1 aromatic heterocycles. The summed E-state index contributed by atoms with van der Waals surface area (Å²) in [5.41, 5.74) is 0.868. The molecule has 1 heterocycles. The molecular weight excluding hydrogens is 414 g/mol. The molecule has 0 aliphatic heterocycles. The van der Waals surface area contributed by atoms with Crippen LogP contribution in [0.5, 0.6) is 0 Å². The monoisotopic (exact) mass is 431 g/mol. The molecule has 0 saturated carbocycles. The number of halogens is 1. The number of thioether (sulfide) groups is 1. The fraction of sp³-hybridized carbons (Fsp3) is 0.333. The van der Waals surface area contributed by atoms with Crippen LogP contribution in [0.2, 0.25) is 5.02 Å². The smallest absolute Gasteiger partial charge is 0.221 e. The van der Waals surface area contributed by atoms with Gasteiger partial charge in [-0.25, -0.2) is 13.0 Å². The number of sulfone groups is 1. The molecule has 0 spiro atoms. The van der Waals surface area contributed by atoms with E-state index < -0.39 is 9.84 Å². The van der Waals surface area contributed by atoms with E-state index in [-0.39, 0.29) is 29.6 Å². The van der Waals surface area contributed by atoms with Gasteiger partial charge in [0.1, 0.15) is 9.84 Å². The molecule has 0 unspecified atom stereocenters. The number of amides is 1. The van der Waals surface area contributed by atoms with Crippen LogP contribution in [0.15, 0.2) is 33.9 Å². The van der Waals surface area contributed by atoms with E-state index in [9.17, 15) is 13.2 Å². The number of anilines is 1. The lowest BCUT2D eigenvalue weighted by Crippen LogP contribution is -2.27. The summed E-state index contributed by atoms with van der Waals surface area (Å²) in [7, 11) is -3.16. The van der Waals surface area contributed by atoms with E-state index >= 15 is 0 Å². The fourth-order valence-electron chi connectivity index (χ4n) is 1.90. The van der Waals surface area contributed by atoms with Crippen molar-refractivity contribution in [2.45, 2.75) is 11.4 Å². The molecule has 0 atom stereocenters. The third-order valence-corrected chi connectivity index (χ3v) is 5.28. The van der Waals surface area contributed by atoms with Gasteiger partial charge in [0.2, 0.25) is 5.91 Å². The molecule has 9 nitrogen and oxygen atoms in total. The first-order valence-electron chi connectivity index (χ1n) is 7.76. The highest BCUT2D eigenvalue weighted by molar-refractivity contribution is 7.99. The topological polar surface area (TPSA) is 138 Å². The number of benzene rings is 1. The Balaban J connectivity index is 1.81. The van der Waals surface area contributed by atoms with Gasteiger partial charge in [-0.1, -0.05) is 29.4 Å². The van der Waals surface area contributed by atoms with E-state index in [2.05, 4.69) is 20.9 Å². The molecule has 27 heavy (non-hydrogen) atoms. The standard InChI is InChI=1S/C15H18ClN5O4S2/c1-27(23,24)8-5-12(22)18-6-7-26-15-13(20-25-21-15)14(17)19-11-4-2-3-10(16)9-11/h2-4,9H,5-8H2,1H3,(H2,17,19)(H,18,22). The second kappa shape index (κ2) is 9.72. The summed E-state index contributed by atoms with van der Waals surface area (Å²) >= 11 is 7.17. The summed E-state index contributed by atoms with van der Waals surface area (Å²) in [6.45, 7) is 0.314. The molecule has 0 radical (unpaired) electrons. The molecule has 0 fully saturated rings. The molecule has 2 rings (SSSR count). The van der Waals surface area contributed by atoms with Gasteiger partial charge >= 0.3 is 0 Å². The minimum Gasteiger partial charge on any atom is -0.355 e. The van der Waals surface area contributed by atoms with Gasteiger partial charge in [-0.05, 0) is 28.5 Å². The maximum atomic E-state index is 11.6. The van der Waals surface area contributed by atoms with Crippen molar-refractivity contribution in [2.24, 2.45) is 0 Å². The number of nitrogens with one attached hydrogen (secondary N) is 3. The molecule has 0 aliphatic carbocycles. The van der Waals surface area contributed by atoms with E-state index in [1.807, 2.05) is 0 Å². The van der Waals surface area contributed by atoms with Gasteiger partial charge in [-0.15, -0.1) is 0 Å². The first-order chi connectivity index (χ1) is 12.7. The van der Waals surface area contributed by atoms with Crippen molar-refractivity contribution in [3.8, 4) is 0 Å². The number of aromatic nitrogens is 2. The highest BCUT2D eigenvalue weighted by Gasteiger charge is 2.16. The quantitative estimate of drug-likeness (QED) is 0.236. The summed E-state index contributed by atoms with van der Waals surface area (Å²) < 4.78 is 26.8. The van der Waals surface area contributed by atoms with Crippen molar-refractivity contribution in [2.75, 3.05) is 29.6 Å². The van der Waals surface area contributed by atoms with Crippen LogP contribution in [0.25, 0.3) is 0 Å². The Morgan fingerprint density at radius 1 is 1.37 bits per heavy atom. The Kier molecular flexibility index (Phi) is 7.63. The van der Waals surface area contributed by atoms with Gasteiger partial charge in [-0.2, -0.15) is 0 Å². The van der Waals surface area contributed by atoms with Gasteiger partial charge in [0, 0.05) is 35.7 Å². The molecule has 12 heteroatoms. The summed E-state index contributed by atoms with van der Waals surface area (Å²) in [5, 5.41) is 22.0. The molecule has 0 bridgehead atoms. The third-order valence-electron chi connectivity index (χ3n) is 3.15. The van der Waals surface area contributed by atoms with E-state index in [1.54, 1.807) is 24.3 Å². The Morgan fingerprint density at radius 3 is 2.85 bits per heavy atom. The SMILES string of the molecule is CS(=O)(=O)CCC(=O)NCCSc1nonc1C(=N)Nc1cccc(Cl)c1. The van der Waals surface area contributed by atoms with Gasteiger partial charge in [0.05, 0.1) is 5.75 Å². The van der Waals surface area contributed by atoms with Crippen molar-refractivity contribution in [3.63, 3.8) is 0 Å². The number of carbonyl (C=O) groups excluding carboxylic acids is 1. The van der Waals surface area contributed by atoms with Crippen LogP contribution < -0.4 is 10.6 Å². The van der Waals surface area contributed by atoms with Crippen LogP contribution in [0.3, 0.4) is 0 Å². The number of hydrogen-bond donors (Lipinski definition) is 3. The molecule has 0 aliphatic rings. The van der Waals surface area contributed by atoms with Crippen molar-refractivity contribution in [3.05, 3.63) is 35.0 Å². The zero-order valence-corrected chi connectivity index (χ0v) is 16.7. The van der Waals surface area contributed by atoms with Gasteiger partial charge < -0.3 is 10.6 Å². The van der Waals surface area contributed by atoms with E-state index in [1.165, 1.54) is 11.8 Å². The summed E-state index contributed by atoms with van der Waals surface area (Å²) in [6, 6.07) is 6.90. The number of nitrogens with zero attached hydrogens (tertiary/aromatic N) is 2. The molecule has 0 saturated heterocycles. The molecular formula is C15H18ClN5O4S2. The van der Waals surface area contributed by atoms with E-state index in [4.69, 9.17) is 21.6 Å². The zero-order chi connectivity index (χ0) is 19.9. The van der Waals surface area contributed by atoms with Crippen molar-refractivity contribution in [1.82, 2.24) is 15.6 Å². The minimum atomic E-state index is -3.16. The molecule has 146 valence electrons. The van der Waals surface area contributed by atoms with Crippen molar-refractivity contribution >= 4 is 50.6 Å². The van der Waals surface area contributed by atoms with Gasteiger partial charge in [0.15, 0.2) is 16.6 Å². The average Bonchev–Trinajstić information content (AvgIpc) is 3.05. The Bertz CT molecular complexity index is 916. The van der Waals surface area contributed by atoms with E-state index in [0.29, 0.717) is 28.0 Å². The van der Waals surface area contributed by atoms with Gasteiger partial charge in [-0.3, -0.25) is 10.2 Å². The van der Waals surface area contributed by atoms with Gasteiger partial charge in [0.25, 0.3) is 0 Å². The second-order valence-corrected chi connectivity index (χ2v) is 9.29. The summed E-state index contributed by atoms with van der Waals surface area (Å²) in [6.07, 6.45) is 1.01. The Morgan fingerprint density at radius 2 is 2.15 bits per heavy atom. The molecule has 1 amide bonds. The first kappa shape index (κ1) is 21.2.